The average Bonchev–Trinajstić information content (AvgIpc) is 3.20. The van der Waals surface area contributed by atoms with Crippen molar-refractivity contribution >= 4 is 15.8 Å². The highest BCUT2D eigenvalue weighted by Crippen LogP contribution is 2.15. The van der Waals surface area contributed by atoms with Gasteiger partial charge in [-0.15, -0.1) is 0 Å². The summed E-state index contributed by atoms with van der Waals surface area (Å²) in [5.74, 6) is 1.50. The number of aromatic nitrogens is 2. The number of hydrogen-bond donors (Lipinski definition) is 3. The molecule has 1 aromatic heterocycles. The van der Waals surface area contributed by atoms with Gasteiger partial charge in [-0.05, 0) is 29.7 Å². The van der Waals surface area contributed by atoms with Crippen molar-refractivity contribution in [1.29, 1.82) is 0 Å². The highest BCUT2D eigenvalue weighted by Gasteiger charge is 2.07. The molecule has 0 saturated carbocycles. The molecule has 152 valence electrons. The van der Waals surface area contributed by atoms with Gasteiger partial charge in [0.15, 0.2) is 15.8 Å². The third kappa shape index (κ3) is 5.92. The maximum absolute atomic E-state index is 11.5. The van der Waals surface area contributed by atoms with Crippen LogP contribution < -0.4 is 10.6 Å². The van der Waals surface area contributed by atoms with E-state index in [0.717, 1.165) is 29.1 Å². The van der Waals surface area contributed by atoms with Crippen LogP contribution in [0.2, 0.25) is 0 Å². The number of imidazole rings is 1. The van der Waals surface area contributed by atoms with Crippen LogP contribution in [0, 0.1) is 0 Å². The largest absolute Gasteiger partial charge is 0.356 e. The Hall–Kier alpha value is -3.13. The van der Waals surface area contributed by atoms with Gasteiger partial charge in [0, 0.05) is 19.8 Å². The molecule has 0 spiro atoms. The van der Waals surface area contributed by atoms with Crippen LogP contribution in [-0.2, 0) is 22.8 Å². The van der Waals surface area contributed by atoms with E-state index in [2.05, 4.69) is 25.6 Å². The third-order valence-electron chi connectivity index (χ3n) is 4.42. The lowest BCUT2D eigenvalue weighted by Crippen LogP contribution is -2.38. The fourth-order valence-electron chi connectivity index (χ4n) is 2.83. The van der Waals surface area contributed by atoms with E-state index in [9.17, 15) is 8.42 Å². The van der Waals surface area contributed by atoms with Gasteiger partial charge in [-0.25, -0.2) is 13.4 Å². The molecule has 2 aromatic carbocycles. The molecule has 8 heteroatoms. The van der Waals surface area contributed by atoms with Gasteiger partial charge in [-0.2, -0.15) is 0 Å². The molecule has 0 aliphatic rings. The smallest absolute Gasteiger partial charge is 0.191 e. The summed E-state index contributed by atoms with van der Waals surface area (Å²) in [7, 11) is -1.44. The zero-order valence-corrected chi connectivity index (χ0v) is 17.3. The number of sulfone groups is 1. The van der Waals surface area contributed by atoms with E-state index >= 15 is 0 Å². The third-order valence-corrected chi connectivity index (χ3v) is 5.55. The van der Waals surface area contributed by atoms with Crippen LogP contribution in [0.5, 0.6) is 0 Å². The van der Waals surface area contributed by atoms with Crippen molar-refractivity contribution in [2.24, 2.45) is 4.99 Å². The minimum Gasteiger partial charge on any atom is -0.356 e. The molecule has 0 aliphatic carbocycles. The van der Waals surface area contributed by atoms with Gasteiger partial charge in [0.2, 0.25) is 0 Å². The fourth-order valence-corrected chi connectivity index (χ4v) is 3.46. The zero-order valence-electron chi connectivity index (χ0n) is 16.5. The number of aromatic amines is 1. The summed E-state index contributed by atoms with van der Waals surface area (Å²) in [6.07, 6.45) is 3.79. The Balaban J connectivity index is 1.47. The quantitative estimate of drug-likeness (QED) is 0.410. The number of benzene rings is 2. The van der Waals surface area contributed by atoms with Crippen molar-refractivity contribution in [3.8, 4) is 11.3 Å². The van der Waals surface area contributed by atoms with Gasteiger partial charge in [0.05, 0.1) is 23.3 Å². The molecular formula is C21H25N5O2S. The number of nitrogens with one attached hydrogen (secondary N) is 3. The Kier molecular flexibility index (Phi) is 6.66. The van der Waals surface area contributed by atoms with Crippen LogP contribution in [-0.4, -0.2) is 44.2 Å². The summed E-state index contributed by atoms with van der Waals surface area (Å²) >= 11 is 0. The number of hydrogen-bond acceptors (Lipinski definition) is 4. The Morgan fingerprint density at radius 2 is 1.79 bits per heavy atom. The lowest BCUT2D eigenvalue weighted by Gasteiger charge is -2.11. The standard InChI is InChI=1S/C21H25N5O2S/c1-22-21(23-13-12-16-8-10-18(11-9-16)29(2,27)28)25-15-20-24-14-19(26-20)17-6-4-3-5-7-17/h3-11,14H,12-13,15H2,1-2H3,(H,24,26)(H2,22,23,25). The van der Waals surface area contributed by atoms with E-state index in [4.69, 9.17) is 0 Å². The highest BCUT2D eigenvalue weighted by atomic mass is 32.2. The van der Waals surface area contributed by atoms with Crippen molar-refractivity contribution in [1.82, 2.24) is 20.6 Å². The molecule has 0 amide bonds. The zero-order chi connectivity index (χ0) is 20.7. The number of H-pyrrole nitrogens is 1. The SMILES string of the molecule is CN=C(NCCc1ccc(S(C)(=O)=O)cc1)NCc1ncc(-c2ccccc2)[nH]1. The number of guanidine groups is 1. The summed E-state index contributed by atoms with van der Waals surface area (Å²) in [5, 5.41) is 6.48. The first-order valence-electron chi connectivity index (χ1n) is 9.28. The molecule has 7 nitrogen and oxygen atoms in total. The average molecular weight is 412 g/mol. The van der Waals surface area contributed by atoms with Crippen LogP contribution in [0.3, 0.4) is 0 Å². The lowest BCUT2D eigenvalue weighted by molar-refractivity contribution is 0.602. The van der Waals surface area contributed by atoms with Gasteiger partial charge in [-0.1, -0.05) is 42.5 Å². The van der Waals surface area contributed by atoms with Crippen LogP contribution in [0.4, 0.5) is 0 Å². The Bertz CT molecular complexity index is 1060. The van der Waals surface area contributed by atoms with Crippen molar-refractivity contribution in [2.75, 3.05) is 19.8 Å². The van der Waals surface area contributed by atoms with Crippen molar-refractivity contribution < 1.29 is 8.42 Å². The maximum atomic E-state index is 11.5. The van der Waals surface area contributed by atoms with Gasteiger partial charge < -0.3 is 15.6 Å². The first-order valence-corrected chi connectivity index (χ1v) is 11.2. The normalized spacial score (nSPS) is 12.0. The van der Waals surface area contributed by atoms with E-state index in [1.807, 2.05) is 48.7 Å². The summed E-state index contributed by atoms with van der Waals surface area (Å²) < 4.78 is 23.0. The van der Waals surface area contributed by atoms with Crippen LogP contribution in [0.15, 0.2) is 70.7 Å². The summed E-state index contributed by atoms with van der Waals surface area (Å²) in [5.41, 5.74) is 3.12. The molecule has 1 heterocycles. The Morgan fingerprint density at radius 3 is 2.45 bits per heavy atom. The highest BCUT2D eigenvalue weighted by molar-refractivity contribution is 7.90. The first-order chi connectivity index (χ1) is 14.0. The molecule has 0 radical (unpaired) electrons. The molecular weight excluding hydrogens is 386 g/mol. The van der Waals surface area contributed by atoms with Gasteiger partial charge >= 0.3 is 0 Å². The van der Waals surface area contributed by atoms with Gasteiger partial charge in [-0.3, -0.25) is 4.99 Å². The molecule has 0 aliphatic heterocycles. The second kappa shape index (κ2) is 9.38. The van der Waals surface area contributed by atoms with Crippen LogP contribution >= 0.6 is 0 Å². The summed E-state index contributed by atoms with van der Waals surface area (Å²) in [6.45, 7) is 1.20. The molecule has 3 aromatic rings. The minimum atomic E-state index is -3.16. The Labute approximate surface area is 171 Å². The topological polar surface area (TPSA) is 99.2 Å². The van der Waals surface area contributed by atoms with Gasteiger partial charge in [0.1, 0.15) is 5.82 Å². The van der Waals surface area contributed by atoms with E-state index in [1.165, 1.54) is 6.26 Å². The fraction of sp³-hybridized carbons (Fsp3) is 0.238. The summed E-state index contributed by atoms with van der Waals surface area (Å²) in [4.78, 5) is 12.3. The molecule has 0 unspecified atom stereocenters. The Morgan fingerprint density at radius 1 is 1.07 bits per heavy atom. The van der Waals surface area contributed by atoms with E-state index in [1.54, 1.807) is 19.2 Å². The molecule has 0 fully saturated rings. The van der Waals surface area contributed by atoms with E-state index < -0.39 is 9.84 Å². The number of nitrogens with zero attached hydrogens (tertiary/aromatic N) is 2. The van der Waals surface area contributed by atoms with Crippen LogP contribution in [0.1, 0.15) is 11.4 Å². The second-order valence-electron chi connectivity index (χ2n) is 6.63. The van der Waals surface area contributed by atoms with Gasteiger partial charge in [0.25, 0.3) is 0 Å². The minimum absolute atomic E-state index is 0.333. The predicted molar refractivity (Wildman–Crippen MR) is 115 cm³/mol. The second-order valence-corrected chi connectivity index (χ2v) is 8.64. The van der Waals surface area contributed by atoms with Crippen LogP contribution in [0.25, 0.3) is 11.3 Å². The molecule has 3 rings (SSSR count). The molecule has 0 atom stereocenters. The lowest BCUT2D eigenvalue weighted by atomic mass is 10.1. The van der Waals surface area contributed by atoms with Crippen molar-refractivity contribution in [2.45, 2.75) is 17.9 Å². The summed E-state index contributed by atoms with van der Waals surface area (Å²) in [6, 6.07) is 17.0. The maximum Gasteiger partial charge on any atom is 0.191 e. The molecule has 0 bridgehead atoms. The van der Waals surface area contributed by atoms with E-state index in [-0.39, 0.29) is 0 Å². The molecule has 29 heavy (non-hydrogen) atoms. The van der Waals surface area contributed by atoms with E-state index in [0.29, 0.717) is 23.9 Å². The van der Waals surface area contributed by atoms with Crippen molar-refractivity contribution in [3.05, 3.63) is 72.2 Å². The number of aliphatic imine (C=N–C) groups is 1. The molecule has 3 N–H and O–H groups in total. The van der Waals surface area contributed by atoms with Crippen molar-refractivity contribution in [3.63, 3.8) is 0 Å². The molecule has 0 saturated heterocycles. The first kappa shape index (κ1) is 20.6. The number of rotatable bonds is 7. The monoisotopic (exact) mass is 411 g/mol. The predicted octanol–water partition coefficient (Wildman–Crippen LogP) is 2.39.